The third kappa shape index (κ3) is 5.86. The topological polar surface area (TPSA) is 84.5 Å². The molecule has 6 nitrogen and oxygen atoms in total. The summed E-state index contributed by atoms with van der Waals surface area (Å²) in [6, 6.07) is 13.0. The van der Waals surface area contributed by atoms with Gasteiger partial charge in [-0.2, -0.15) is 0 Å². The van der Waals surface area contributed by atoms with E-state index in [0.29, 0.717) is 5.75 Å². The van der Waals surface area contributed by atoms with Crippen molar-refractivity contribution in [3.63, 3.8) is 0 Å². The number of hydrogen-bond acceptors (Lipinski definition) is 4. The zero-order valence-electron chi connectivity index (χ0n) is 15.2. The molecular formula is C19H24N2O4S. The molecule has 0 unspecified atom stereocenters. The Kier molecular flexibility index (Phi) is 6.76. The lowest BCUT2D eigenvalue weighted by Gasteiger charge is -2.11. The number of nitrogens with one attached hydrogen (secondary N) is 2. The van der Waals surface area contributed by atoms with Crippen molar-refractivity contribution in [2.45, 2.75) is 26.1 Å². The first-order valence-corrected chi connectivity index (χ1v) is 9.88. The molecular weight excluding hydrogens is 352 g/mol. The van der Waals surface area contributed by atoms with E-state index in [4.69, 9.17) is 4.74 Å². The summed E-state index contributed by atoms with van der Waals surface area (Å²) in [5.41, 5.74) is 3.45. The van der Waals surface area contributed by atoms with Gasteiger partial charge in [-0.1, -0.05) is 42.0 Å². The number of sulfonamides is 1. The highest BCUT2D eigenvalue weighted by Gasteiger charge is 2.15. The third-order valence-electron chi connectivity index (χ3n) is 3.97. The molecule has 2 aromatic rings. The van der Waals surface area contributed by atoms with Crippen molar-refractivity contribution in [2.24, 2.45) is 0 Å². The number of carbonyl (C=O) groups excluding carboxylic acids is 1. The Bertz CT molecular complexity index is 879. The van der Waals surface area contributed by atoms with Crippen LogP contribution in [-0.4, -0.2) is 28.0 Å². The highest BCUT2D eigenvalue weighted by atomic mass is 32.2. The van der Waals surface area contributed by atoms with Crippen molar-refractivity contribution < 1.29 is 17.9 Å². The lowest BCUT2D eigenvalue weighted by Crippen LogP contribution is -2.37. The maximum Gasteiger partial charge on any atom is 0.235 e. The van der Waals surface area contributed by atoms with E-state index in [2.05, 4.69) is 10.0 Å². The van der Waals surface area contributed by atoms with Crippen molar-refractivity contribution in [1.29, 1.82) is 0 Å². The Morgan fingerprint density at radius 1 is 1.08 bits per heavy atom. The van der Waals surface area contributed by atoms with Crippen LogP contribution in [0, 0.1) is 13.8 Å². The van der Waals surface area contributed by atoms with Crippen LogP contribution in [0.4, 0.5) is 0 Å². The molecule has 2 N–H and O–H groups in total. The van der Waals surface area contributed by atoms with Gasteiger partial charge in [0.1, 0.15) is 5.75 Å². The van der Waals surface area contributed by atoms with Crippen LogP contribution in [0.25, 0.3) is 0 Å². The molecule has 26 heavy (non-hydrogen) atoms. The summed E-state index contributed by atoms with van der Waals surface area (Å²) in [4.78, 5) is 12.0. The molecule has 0 aliphatic carbocycles. The molecule has 7 heteroatoms. The second kappa shape index (κ2) is 8.82. The number of para-hydroxylation sites is 1. The fourth-order valence-electron chi connectivity index (χ4n) is 2.49. The van der Waals surface area contributed by atoms with Crippen molar-refractivity contribution in [3.05, 3.63) is 64.7 Å². The lowest BCUT2D eigenvalue weighted by atomic mass is 10.1. The number of aryl methyl sites for hydroxylation is 2. The normalized spacial score (nSPS) is 11.2. The number of hydrogen-bond donors (Lipinski definition) is 2. The van der Waals surface area contributed by atoms with Crippen LogP contribution in [0.1, 0.15) is 22.3 Å². The Hall–Kier alpha value is -2.38. The number of benzene rings is 2. The quantitative estimate of drug-likeness (QED) is 0.738. The summed E-state index contributed by atoms with van der Waals surface area (Å²) in [6.45, 7) is 3.74. The average Bonchev–Trinajstić information content (AvgIpc) is 2.61. The molecule has 140 valence electrons. The van der Waals surface area contributed by atoms with Gasteiger partial charge in [-0.05, 0) is 31.0 Å². The predicted molar refractivity (Wildman–Crippen MR) is 101 cm³/mol. The Labute approximate surface area is 154 Å². The smallest absolute Gasteiger partial charge is 0.235 e. The minimum Gasteiger partial charge on any atom is -0.496 e. The second-order valence-electron chi connectivity index (χ2n) is 6.10. The van der Waals surface area contributed by atoms with Crippen molar-refractivity contribution in [1.82, 2.24) is 10.0 Å². The Morgan fingerprint density at radius 2 is 1.81 bits per heavy atom. The van der Waals surface area contributed by atoms with Gasteiger partial charge in [-0.25, -0.2) is 13.1 Å². The van der Waals surface area contributed by atoms with Crippen molar-refractivity contribution in [2.75, 3.05) is 13.7 Å². The van der Waals surface area contributed by atoms with E-state index in [1.54, 1.807) is 13.2 Å². The van der Waals surface area contributed by atoms with Crippen LogP contribution in [0.3, 0.4) is 0 Å². The van der Waals surface area contributed by atoms with Crippen LogP contribution >= 0.6 is 0 Å². The van der Waals surface area contributed by atoms with Gasteiger partial charge in [0.05, 0.1) is 19.4 Å². The van der Waals surface area contributed by atoms with Crippen LogP contribution in [0.2, 0.25) is 0 Å². The van der Waals surface area contributed by atoms with Gasteiger partial charge < -0.3 is 10.1 Å². The molecule has 0 saturated carbocycles. The molecule has 2 aromatic carbocycles. The van der Waals surface area contributed by atoms with Crippen LogP contribution < -0.4 is 14.8 Å². The maximum absolute atomic E-state index is 12.2. The van der Waals surface area contributed by atoms with Crippen molar-refractivity contribution >= 4 is 15.9 Å². The summed E-state index contributed by atoms with van der Waals surface area (Å²) in [6.07, 6.45) is 0. The van der Waals surface area contributed by atoms with E-state index in [-0.39, 0.29) is 18.8 Å². The van der Waals surface area contributed by atoms with E-state index in [0.717, 1.165) is 22.3 Å². The van der Waals surface area contributed by atoms with E-state index in [9.17, 15) is 13.2 Å². The molecule has 0 aromatic heterocycles. The van der Waals surface area contributed by atoms with Gasteiger partial charge in [0.25, 0.3) is 0 Å². The molecule has 0 aliphatic heterocycles. The van der Waals surface area contributed by atoms with Crippen LogP contribution in [0.5, 0.6) is 5.75 Å². The predicted octanol–water partition coefficient (Wildman–Crippen LogP) is 2.05. The SMILES string of the molecule is COc1ccccc1CNC(=O)CNS(=O)(=O)Cc1cc(C)ccc1C. The molecule has 2 rings (SSSR count). The zero-order valence-corrected chi connectivity index (χ0v) is 16.0. The highest BCUT2D eigenvalue weighted by Crippen LogP contribution is 2.16. The van der Waals surface area contributed by atoms with E-state index >= 15 is 0 Å². The molecule has 0 bridgehead atoms. The fraction of sp³-hybridized carbons (Fsp3) is 0.316. The van der Waals surface area contributed by atoms with Gasteiger partial charge in [0.2, 0.25) is 15.9 Å². The highest BCUT2D eigenvalue weighted by molar-refractivity contribution is 7.88. The van der Waals surface area contributed by atoms with E-state index < -0.39 is 15.9 Å². The van der Waals surface area contributed by atoms with Gasteiger partial charge in [0, 0.05) is 12.1 Å². The first kappa shape index (κ1) is 19.9. The summed E-state index contributed by atoms with van der Waals surface area (Å²) in [7, 11) is -2.04. The molecule has 0 saturated heterocycles. The average molecular weight is 376 g/mol. The first-order valence-electron chi connectivity index (χ1n) is 8.23. The molecule has 0 fully saturated rings. The number of amides is 1. The fourth-order valence-corrected chi connectivity index (χ4v) is 3.67. The number of methoxy groups -OCH3 is 1. The van der Waals surface area contributed by atoms with Gasteiger partial charge in [-0.15, -0.1) is 0 Å². The molecule has 1 amide bonds. The Balaban J connectivity index is 1.88. The van der Waals surface area contributed by atoms with Crippen molar-refractivity contribution in [3.8, 4) is 5.75 Å². The Morgan fingerprint density at radius 3 is 2.54 bits per heavy atom. The van der Waals surface area contributed by atoms with E-state index in [1.807, 2.05) is 50.2 Å². The second-order valence-corrected chi connectivity index (χ2v) is 7.91. The minimum absolute atomic E-state index is 0.152. The zero-order chi connectivity index (χ0) is 19.2. The minimum atomic E-state index is -3.60. The summed E-state index contributed by atoms with van der Waals surface area (Å²) in [5.74, 6) is 0.115. The molecule has 0 atom stereocenters. The molecule has 0 radical (unpaired) electrons. The summed E-state index contributed by atoms with van der Waals surface area (Å²) < 4.78 is 32.0. The summed E-state index contributed by atoms with van der Waals surface area (Å²) in [5, 5.41) is 2.68. The van der Waals surface area contributed by atoms with Gasteiger partial charge in [0.15, 0.2) is 0 Å². The van der Waals surface area contributed by atoms with Gasteiger partial charge >= 0.3 is 0 Å². The van der Waals surface area contributed by atoms with E-state index in [1.165, 1.54) is 0 Å². The molecule has 0 heterocycles. The monoisotopic (exact) mass is 376 g/mol. The number of rotatable bonds is 8. The number of ether oxygens (including phenoxy) is 1. The van der Waals surface area contributed by atoms with Crippen LogP contribution in [-0.2, 0) is 27.1 Å². The lowest BCUT2D eigenvalue weighted by molar-refractivity contribution is -0.120. The summed E-state index contributed by atoms with van der Waals surface area (Å²) >= 11 is 0. The number of carbonyl (C=O) groups is 1. The standard InChI is InChI=1S/C19H24N2O4S/c1-14-8-9-15(2)17(10-14)13-26(23,24)21-12-19(22)20-11-16-6-4-5-7-18(16)25-3/h4-10,21H,11-13H2,1-3H3,(H,20,22). The first-order chi connectivity index (χ1) is 12.3. The third-order valence-corrected chi connectivity index (χ3v) is 5.25. The maximum atomic E-state index is 12.2. The molecule has 0 aliphatic rings. The van der Waals surface area contributed by atoms with Gasteiger partial charge in [-0.3, -0.25) is 4.79 Å². The molecule has 0 spiro atoms. The largest absolute Gasteiger partial charge is 0.496 e. The van der Waals surface area contributed by atoms with Crippen LogP contribution in [0.15, 0.2) is 42.5 Å².